The first-order chi connectivity index (χ1) is 6.83. The van der Waals surface area contributed by atoms with Gasteiger partial charge in [-0.1, -0.05) is 20.8 Å². The van der Waals surface area contributed by atoms with Crippen LogP contribution in [0.25, 0.3) is 0 Å². The number of sulfone groups is 1. The largest absolute Gasteiger partial charge is 0.396 e. The number of hydrogen-bond acceptors (Lipinski definition) is 4. The van der Waals surface area contributed by atoms with Gasteiger partial charge in [0.05, 0.1) is 5.75 Å². The summed E-state index contributed by atoms with van der Waals surface area (Å²) in [6.45, 7) is 7.14. The molecule has 0 fully saturated rings. The van der Waals surface area contributed by atoms with E-state index >= 15 is 0 Å². The van der Waals surface area contributed by atoms with Gasteiger partial charge >= 0.3 is 0 Å². The Hall–Kier alpha value is -0.130. The van der Waals surface area contributed by atoms with Gasteiger partial charge in [-0.15, -0.1) is 0 Å². The van der Waals surface area contributed by atoms with Crippen molar-refractivity contribution < 1.29 is 13.5 Å². The van der Waals surface area contributed by atoms with E-state index in [0.717, 1.165) is 13.0 Å². The topological polar surface area (TPSA) is 66.4 Å². The van der Waals surface area contributed by atoms with Crippen molar-refractivity contribution in [2.75, 3.05) is 31.2 Å². The predicted molar refractivity (Wildman–Crippen MR) is 62.7 cm³/mol. The number of aliphatic hydroxyl groups is 1. The van der Waals surface area contributed by atoms with Crippen molar-refractivity contribution in [2.45, 2.75) is 27.2 Å². The molecule has 0 unspecified atom stereocenters. The zero-order valence-electron chi connectivity index (χ0n) is 9.91. The van der Waals surface area contributed by atoms with Crippen LogP contribution in [0, 0.1) is 5.41 Å². The van der Waals surface area contributed by atoms with E-state index in [9.17, 15) is 8.42 Å². The summed E-state index contributed by atoms with van der Waals surface area (Å²) in [6.07, 6.45) is 0.723. The predicted octanol–water partition coefficient (Wildman–Crippen LogP) is 0.419. The SMILES string of the molecule is CCS(=O)(=O)CCNCC(C)(C)CCO. The summed E-state index contributed by atoms with van der Waals surface area (Å²) in [5, 5.41) is 11.9. The fraction of sp³-hybridized carbons (Fsp3) is 1.00. The molecule has 0 saturated heterocycles. The summed E-state index contributed by atoms with van der Waals surface area (Å²) in [6, 6.07) is 0. The molecule has 2 N–H and O–H groups in total. The van der Waals surface area contributed by atoms with Gasteiger partial charge in [0.1, 0.15) is 0 Å². The van der Waals surface area contributed by atoms with E-state index in [1.165, 1.54) is 0 Å². The molecule has 0 atom stereocenters. The maximum atomic E-state index is 11.2. The van der Waals surface area contributed by atoms with Crippen LogP contribution in [-0.4, -0.2) is 44.7 Å². The van der Waals surface area contributed by atoms with Crippen molar-refractivity contribution >= 4 is 9.84 Å². The van der Waals surface area contributed by atoms with Crippen molar-refractivity contribution in [1.82, 2.24) is 5.32 Å². The maximum absolute atomic E-state index is 11.2. The third-order valence-corrected chi connectivity index (χ3v) is 4.13. The highest BCUT2D eigenvalue weighted by Crippen LogP contribution is 2.17. The van der Waals surface area contributed by atoms with Gasteiger partial charge in [-0.3, -0.25) is 0 Å². The van der Waals surface area contributed by atoms with Crippen LogP contribution in [0.1, 0.15) is 27.2 Å². The van der Waals surface area contributed by atoms with Crippen molar-refractivity contribution in [1.29, 1.82) is 0 Å². The summed E-state index contributed by atoms with van der Waals surface area (Å²) in [5.74, 6) is 0.396. The Bertz CT molecular complexity index is 260. The highest BCUT2D eigenvalue weighted by molar-refractivity contribution is 7.91. The van der Waals surface area contributed by atoms with Gasteiger partial charge in [0.2, 0.25) is 0 Å². The Morgan fingerprint density at radius 2 is 1.93 bits per heavy atom. The first kappa shape index (κ1) is 14.9. The fourth-order valence-electron chi connectivity index (χ4n) is 1.19. The second-order valence-corrected chi connectivity index (χ2v) is 7.02. The van der Waals surface area contributed by atoms with Crippen molar-refractivity contribution in [3.63, 3.8) is 0 Å². The number of aliphatic hydroxyl groups excluding tert-OH is 1. The Kier molecular flexibility index (Phi) is 6.40. The lowest BCUT2D eigenvalue weighted by atomic mass is 9.90. The normalized spacial score (nSPS) is 13.1. The standard InChI is InChI=1S/C10H23NO3S/c1-4-15(13,14)8-6-11-9-10(2,3)5-7-12/h11-12H,4-9H2,1-3H3. The number of nitrogens with one attached hydrogen (secondary N) is 1. The van der Waals surface area contributed by atoms with Crippen molar-refractivity contribution in [2.24, 2.45) is 5.41 Å². The fourth-order valence-corrected chi connectivity index (χ4v) is 1.93. The van der Waals surface area contributed by atoms with Gasteiger partial charge in [-0.2, -0.15) is 0 Å². The zero-order chi connectivity index (χ0) is 11.9. The molecule has 0 amide bonds. The summed E-state index contributed by atoms with van der Waals surface area (Å²) < 4.78 is 22.3. The van der Waals surface area contributed by atoms with Crippen LogP contribution in [0.2, 0.25) is 0 Å². The molecule has 0 bridgehead atoms. The van der Waals surface area contributed by atoms with Crippen LogP contribution >= 0.6 is 0 Å². The lowest BCUT2D eigenvalue weighted by molar-refractivity contribution is 0.208. The summed E-state index contributed by atoms with van der Waals surface area (Å²) in [5.41, 5.74) is 0.0186. The Morgan fingerprint density at radius 3 is 2.40 bits per heavy atom. The van der Waals surface area contributed by atoms with E-state index in [1.807, 2.05) is 13.8 Å². The highest BCUT2D eigenvalue weighted by atomic mass is 32.2. The van der Waals surface area contributed by atoms with Gasteiger partial charge < -0.3 is 10.4 Å². The van der Waals surface area contributed by atoms with E-state index < -0.39 is 9.84 Å². The molecule has 0 radical (unpaired) electrons. The summed E-state index contributed by atoms with van der Waals surface area (Å²) in [7, 11) is -2.86. The Morgan fingerprint density at radius 1 is 1.33 bits per heavy atom. The van der Waals surface area contributed by atoms with Crippen LogP contribution in [-0.2, 0) is 9.84 Å². The van der Waals surface area contributed by atoms with E-state index in [2.05, 4.69) is 5.32 Å². The quantitative estimate of drug-likeness (QED) is 0.600. The number of hydrogen-bond donors (Lipinski definition) is 2. The maximum Gasteiger partial charge on any atom is 0.151 e. The number of rotatable bonds is 8. The molecule has 0 aliphatic heterocycles. The molecule has 0 saturated carbocycles. The lowest BCUT2D eigenvalue weighted by Crippen LogP contribution is -2.33. The van der Waals surface area contributed by atoms with Crippen molar-refractivity contribution in [3.05, 3.63) is 0 Å². The Labute approximate surface area is 93.0 Å². The molecule has 0 aromatic carbocycles. The molecule has 0 heterocycles. The molecule has 0 aromatic heterocycles. The average molecular weight is 237 g/mol. The van der Waals surface area contributed by atoms with Crippen LogP contribution in [0.15, 0.2) is 0 Å². The van der Waals surface area contributed by atoms with Gasteiger partial charge in [0, 0.05) is 25.4 Å². The van der Waals surface area contributed by atoms with Crippen LogP contribution in [0.5, 0.6) is 0 Å². The third-order valence-electron chi connectivity index (χ3n) is 2.42. The molecule has 0 aliphatic carbocycles. The highest BCUT2D eigenvalue weighted by Gasteiger charge is 2.16. The van der Waals surface area contributed by atoms with Gasteiger partial charge in [0.25, 0.3) is 0 Å². The molecular weight excluding hydrogens is 214 g/mol. The molecule has 0 spiro atoms. The van der Waals surface area contributed by atoms with E-state index in [4.69, 9.17) is 5.11 Å². The summed E-state index contributed by atoms with van der Waals surface area (Å²) >= 11 is 0. The molecule has 4 nitrogen and oxygen atoms in total. The van der Waals surface area contributed by atoms with Crippen LogP contribution in [0.4, 0.5) is 0 Å². The zero-order valence-corrected chi connectivity index (χ0v) is 10.7. The molecule has 0 aliphatic rings. The van der Waals surface area contributed by atoms with Gasteiger partial charge in [-0.05, 0) is 11.8 Å². The molecule has 5 heteroatoms. The van der Waals surface area contributed by atoms with Gasteiger partial charge in [-0.25, -0.2) is 8.42 Å². The Balaban J connectivity index is 3.72. The van der Waals surface area contributed by atoms with E-state index in [1.54, 1.807) is 6.92 Å². The minimum atomic E-state index is -2.86. The third kappa shape index (κ3) is 7.76. The van der Waals surface area contributed by atoms with E-state index in [-0.39, 0.29) is 23.5 Å². The smallest absolute Gasteiger partial charge is 0.151 e. The van der Waals surface area contributed by atoms with Gasteiger partial charge in [0.15, 0.2) is 9.84 Å². The van der Waals surface area contributed by atoms with E-state index in [0.29, 0.717) is 6.54 Å². The van der Waals surface area contributed by atoms with Crippen molar-refractivity contribution in [3.8, 4) is 0 Å². The minimum absolute atomic E-state index is 0.0186. The average Bonchev–Trinajstić information content (AvgIpc) is 2.13. The molecule has 15 heavy (non-hydrogen) atoms. The molecule has 0 aromatic rings. The molecule has 0 rings (SSSR count). The second kappa shape index (κ2) is 6.45. The first-order valence-electron chi connectivity index (χ1n) is 5.35. The monoisotopic (exact) mass is 237 g/mol. The minimum Gasteiger partial charge on any atom is -0.396 e. The van der Waals surface area contributed by atoms with Crippen LogP contribution in [0.3, 0.4) is 0 Å². The lowest BCUT2D eigenvalue weighted by Gasteiger charge is -2.23. The summed E-state index contributed by atoms with van der Waals surface area (Å²) in [4.78, 5) is 0. The first-order valence-corrected chi connectivity index (χ1v) is 7.17. The molecule has 92 valence electrons. The van der Waals surface area contributed by atoms with Crippen LogP contribution < -0.4 is 5.32 Å². The second-order valence-electron chi connectivity index (χ2n) is 4.55. The molecular formula is C10H23NO3S.